The van der Waals surface area contributed by atoms with E-state index in [0.717, 1.165) is 12.2 Å². The third kappa shape index (κ3) is 3.09. The third-order valence-electron chi connectivity index (χ3n) is 4.93. The largest absolute Gasteiger partial charge is 0.469 e. The first-order valence-corrected chi connectivity index (χ1v) is 8.95. The first-order chi connectivity index (χ1) is 13.1. The van der Waals surface area contributed by atoms with Gasteiger partial charge in [-0.15, -0.1) is 0 Å². The van der Waals surface area contributed by atoms with E-state index in [0.29, 0.717) is 48.2 Å². The summed E-state index contributed by atoms with van der Waals surface area (Å²) < 4.78 is 20.9. The summed E-state index contributed by atoms with van der Waals surface area (Å²) in [5.74, 6) is 0.0434. The van der Waals surface area contributed by atoms with Crippen LogP contribution in [0.5, 0.6) is 0 Å². The van der Waals surface area contributed by atoms with E-state index in [9.17, 15) is 14.0 Å². The van der Waals surface area contributed by atoms with Crippen LogP contribution in [0.2, 0.25) is 0 Å². The van der Waals surface area contributed by atoms with Crippen molar-refractivity contribution in [2.24, 2.45) is 7.05 Å². The van der Waals surface area contributed by atoms with Crippen LogP contribution < -0.4 is 10.2 Å². The maximum Gasteiger partial charge on any atom is 0.270 e. The van der Waals surface area contributed by atoms with Gasteiger partial charge in [-0.1, -0.05) is 0 Å². The zero-order chi connectivity index (χ0) is 19.0. The highest BCUT2D eigenvalue weighted by Gasteiger charge is 2.31. The summed E-state index contributed by atoms with van der Waals surface area (Å²) >= 11 is 0. The van der Waals surface area contributed by atoms with Gasteiger partial charge < -0.3 is 19.2 Å². The second-order valence-electron chi connectivity index (χ2n) is 6.65. The summed E-state index contributed by atoms with van der Waals surface area (Å²) in [5, 5.41) is 3.45. The summed E-state index contributed by atoms with van der Waals surface area (Å²) in [6.07, 6.45) is 3.32. The summed E-state index contributed by atoms with van der Waals surface area (Å²) in [6.45, 7) is 0.927. The van der Waals surface area contributed by atoms with Crippen LogP contribution in [0.25, 0.3) is 10.9 Å². The van der Waals surface area contributed by atoms with Crippen LogP contribution in [0.15, 0.2) is 41.0 Å². The second kappa shape index (κ2) is 6.90. The molecule has 3 aromatic rings. The van der Waals surface area contributed by atoms with Gasteiger partial charge >= 0.3 is 0 Å². The van der Waals surface area contributed by atoms with Gasteiger partial charge in [0.15, 0.2) is 0 Å². The number of aromatic nitrogens is 1. The molecule has 0 aliphatic carbocycles. The van der Waals surface area contributed by atoms with Gasteiger partial charge in [-0.25, -0.2) is 4.39 Å². The predicted molar refractivity (Wildman–Crippen MR) is 99.2 cm³/mol. The molecule has 0 radical (unpaired) electrons. The molecule has 6 nitrogen and oxygen atoms in total. The maximum atomic E-state index is 13.9. The molecule has 1 aromatic carbocycles. The number of benzene rings is 1. The lowest BCUT2D eigenvalue weighted by molar-refractivity contribution is -0.117. The Balaban J connectivity index is 1.70. The van der Waals surface area contributed by atoms with E-state index in [1.165, 1.54) is 12.1 Å². The molecule has 3 heterocycles. The number of halogens is 1. The van der Waals surface area contributed by atoms with Crippen LogP contribution in [0.4, 0.5) is 10.1 Å². The number of anilines is 1. The number of carbonyl (C=O) groups excluding carboxylic acids is 2. The minimum atomic E-state index is -0.397. The lowest BCUT2D eigenvalue weighted by Crippen LogP contribution is -2.31. The van der Waals surface area contributed by atoms with Crippen molar-refractivity contribution in [3.8, 4) is 0 Å². The molecule has 0 unspecified atom stereocenters. The molecule has 1 fully saturated rings. The van der Waals surface area contributed by atoms with E-state index >= 15 is 0 Å². The molecule has 27 heavy (non-hydrogen) atoms. The first kappa shape index (κ1) is 17.3. The van der Waals surface area contributed by atoms with E-state index in [1.807, 2.05) is 6.07 Å². The number of nitrogens with one attached hydrogen (secondary N) is 1. The lowest BCUT2D eigenvalue weighted by atomic mass is 10.2. The fourth-order valence-electron chi connectivity index (χ4n) is 3.65. The Morgan fingerprint density at radius 1 is 1.33 bits per heavy atom. The number of amides is 2. The van der Waals surface area contributed by atoms with Crippen LogP contribution in [0.1, 0.15) is 29.1 Å². The Labute approximate surface area is 155 Å². The average molecular weight is 369 g/mol. The van der Waals surface area contributed by atoms with Gasteiger partial charge in [-0.05, 0) is 36.8 Å². The molecule has 0 atom stereocenters. The first-order valence-electron chi connectivity index (χ1n) is 8.95. The molecule has 0 saturated carbocycles. The Kier molecular flexibility index (Phi) is 4.43. The number of fused-ring (bicyclic) bond motifs is 1. The number of hydrogen-bond donors (Lipinski definition) is 1. The van der Waals surface area contributed by atoms with Gasteiger partial charge in [0.2, 0.25) is 5.91 Å². The van der Waals surface area contributed by atoms with Crippen LogP contribution >= 0.6 is 0 Å². The number of aryl methyl sites for hydroxylation is 1. The van der Waals surface area contributed by atoms with Crippen molar-refractivity contribution in [3.63, 3.8) is 0 Å². The SMILES string of the molecule is Cn1c(C(=O)NCCc2ccco2)c(N2CCCC2=O)c2cc(F)ccc21. The molecular weight excluding hydrogens is 349 g/mol. The van der Waals surface area contributed by atoms with Crippen molar-refractivity contribution < 1.29 is 18.4 Å². The molecule has 2 aromatic heterocycles. The Morgan fingerprint density at radius 2 is 2.19 bits per heavy atom. The van der Waals surface area contributed by atoms with Gasteiger partial charge in [0, 0.05) is 38.4 Å². The predicted octanol–water partition coefficient (Wildman–Crippen LogP) is 3.01. The van der Waals surface area contributed by atoms with Gasteiger partial charge in [0.25, 0.3) is 5.91 Å². The van der Waals surface area contributed by atoms with Gasteiger partial charge in [-0.2, -0.15) is 0 Å². The monoisotopic (exact) mass is 369 g/mol. The molecule has 140 valence electrons. The van der Waals surface area contributed by atoms with Crippen molar-refractivity contribution in [3.05, 3.63) is 53.9 Å². The van der Waals surface area contributed by atoms with Crippen molar-refractivity contribution in [2.75, 3.05) is 18.0 Å². The number of nitrogens with zero attached hydrogens (tertiary/aromatic N) is 2. The third-order valence-corrected chi connectivity index (χ3v) is 4.93. The minimum absolute atomic E-state index is 0.0450. The smallest absolute Gasteiger partial charge is 0.270 e. The van der Waals surface area contributed by atoms with Crippen LogP contribution in [-0.4, -0.2) is 29.5 Å². The molecule has 1 saturated heterocycles. The van der Waals surface area contributed by atoms with Crippen molar-refractivity contribution in [1.82, 2.24) is 9.88 Å². The molecule has 2 amide bonds. The van der Waals surface area contributed by atoms with Crippen molar-refractivity contribution in [1.29, 1.82) is 0 Å². The van der Waals surface area contributed by atoms with Gasteiger partial charge in [-0.3, -0.25) is 9.59 Å². The van der Waals surface area contributed by atoms with Crippen LogP contribution in [-0.2, 0) is 18.3 Å². The highest BCUT2D eigenvalue weighted by molar-refractivity contribution is 6.14. The molecule has 1 N–H and O–H groups in total. The second-order valence-corrected chi connectivity index (χ2v) is 6.65. The summed E-state index contributed by atoms with van der Waals surface area (Å²) in [7, 11) is 1.76. The highest BCUT2D eigenvalue weighted by Crippen LogP contribution is 2.36. The molecule has 4 rings (SSSR count). The Bertz CT molecular complexity index is 1010. The Morgan fingerprint density at radius 3 is 2.89 bits per heavy atom. The maximum absolute atomic E-state index is 13.9. The molecular formula is C20H20FN3O3. The normalized spacial score (nSPS) is 14.3. The van der Waals surface area contributed by atoms with E-state index in [1.54, 1.807) is 34.9 Å². The topological polar surface area (TPSA) is 67.5 Å². The van der Waals surface area contributed by atoms with Crippen molar-refractivity contribution >= 4 is 28.4 Å². The van der Waals surface area contributed by atoms with E-state index in [4.69, 9.17) is 4.42 Å². The standard InChI is InChI=1S/C20H20FN3O3/c1-23-16-7-6-13(21)12-15(16)18(24-10-2-5-17(24)25)19(23)20(26)22-9-8-14-4-3-11-27-14/h3-4,6-7,11-12H,2,5,8-10H2,1H3,(H,22,26). The number of hydrogen-bond acceptors (Lipinski definition) is 3. The molecule has 7 heteroatoms. The summed E-state index contributed by atoms with van der Waals surface area (Å²) in [4.78, 5) is 26.9. The summed E-state index contributed by atoms with van der Waals surface area (Å²) in [5.41, 5.74) is 1.57. The zero-order valence-electron chi connectivity index (χ0n) is 15.0. The molecule has 0 spiro atoms. The highest BCUT2D eigenvalue weighted by atomic mass is 19.1. The van der Waals surface area contributed by atoms with Crippen LogP contribution in [0, 0.1) is 5.82 Å². The van der Waals surface area contributed by atoms with E-state index in [2.05, 4.69) is 5.32 Å². The lowest BCUT2D eigenvalue weighted by Gasteiger charge is -2.17. The zero-order valence-corrected chi connectivity index (χ0v) is 15.0. The number of carbonyl (C=O) groups is 2. The molecule has 0 bridgehead atoms. The van der Waals surface area contributed by atoms with E-state index < -0.39 is 5.82 Å². The van der Waals surface area contributed by atoms with Crippen molar-refractivity contribution in [2.45, 2.75) is 19.3 Å². The fourth-order valence-corrected chi connectivity index (χ4v) is 3.65. The number of furan rings is 1. The number of rotatable bonds is 5. The van der Waals surface area contributed by atoms with E-state index in [-0.39, 0.29) is 11.8 Å². The average Bonchev–Trinajstić information content (AvgIpc) is 3.35. The van der Waals surface area contributed by atoms with Gasteiger partial charge in [0.05, 0.1) is 17.5 Å². The minimum Gasteiger partial charge on any atom is -0.469 e. The molecule has 1 aliphatic rings. The van der Waals surface area contributed by atoms with Crippen LogP contribution in [0.3, 0.4) is 0 Å². The fraction of sp³-hybridized carbons (Fsp3) is 0.300. The van der Waals surface area contributed by atoms with Gasteiger partial charge in [0.1, 0.15) is 17.3 Å². The Hall–Kier alpha value is -3.09. The summed E-state index contributed by atoms with van der Waals surface area (Å²) in [6, 6.07) is 8.02. The quantitative estimate of drug-likeness (QED) is 0.752. The molecule has 1 aliphatic heterocycles.